The Morgan fingerprint density at radius 1 is 1.30 bits per heavy atom. The Labute approximate surface area is 58.0 Å². The Kier molecular flexibility index (Phi) is 6.38. The largest absolute Gasteiger partial charge is 0.239 e. The van der Waals surface area contributed by atoms with Crippen LogP contribution in [-0.4, -0.2) is 18.7 Å². The van der Waals surface area contributed by atoms with Gasteiger partial charge in [-0.1, -0.05) is 6.08 Å². The van der Waals surface area contributed by atoms with E-state index in [0.717, 1.165) is 0 Å². The van der Waals surface area contributed by atoms with E-state index in [2.05, 4.69) is 9.98 Å². The number of hydrogen-bond donors (Lipinski definition) is 0. The second-order valence-electron chi connectivity index (χ2n) is 1.37. The highest BCUT2D eigenvalue weighted by Gasteiger charge is 1.73. The van der Waals surface area contributed by atoms with Gasteiger partial charge in [0, 0.05) is 6.20 Å². The summed E-state index contributed by atoms with van der Waals surface area (Å²) in [6.45, 7) is 0.383. The number of nitrogens with zero attached hydrogens (tertiary/aromatic N) is 2. The predicted molar refractivity (Wildman–Crippen MR) is 34.9 cm³/mol. The van der Waals surface area contributed by atoms with Gasteiger partial charge in [0.25, 0.3) is 0 Å². The molecular weight excluding hydrogens is 132 g/mol. The Balaban J connectivity index is 3.35. The van der Waals surface area contributed by atoms with Gasteiger partial charge in [-0.15, -0.1) is 0 Å². The number of carbonyl (C=O) groups excluding carboxylic acids is 2. The van der Waals surface area contributed by atoms with Gasteiger partial charge in [-0.3, -0.25) is 0 Å². The summed E-state index contributed by atoms with van der Waals surface area (Å²) in [6, 6.07) is 0. The van der Waals surface area contributed by atoms with Crippen molar-refractivity contribution in [2.24, 2.45) is 9.98 Å². The second kappa shape index (κ2) is 7.50. The van der Waals surface area contributed by atoms with E-state index in [1.54, 1.807) is 6.08 Å². The third-order valence-electron chi connectivity index (χ3n) is 0.705. The van der Waals surface area contributed by atoms with Gasteiger partial charge in [-0.2, -0.15) is 4.99 Å². The van der Waals surface area contributed by atoms with Crippen LogP contribution in [0.25, 0.3) is 0 Å². The predicted octanol–water partition coefficient (Wildman–Crippen LogP) is 0.562. The Bertz CT molecular complexity index is 198. The van der Waals surface area contributed by atoms with E-state index in [-0.39, 0.29) is 0 Å². The summed E-state index contributed by atoms with van der Waals surface area (Å²) in [5, 5.41) is 0. The summed E-state index contributed by atoms with van der Waals surface area (Å²) in [5.74, 6) is 0. The van der Waals surface area contributed by atoms with E-state index in [0.29, 0.717) is 13.0 Å². The van der Waals surface area contributed by atoms with Gasteiger partial charge in [0.1, 0.15) is 0 Å². The molecule has 0 spiro atoms. The molecule has 0 bridgehead atoms. The van der Waals surface area contributed by atoms with Gasteiger partial charge >= 0.3 is 0 Å². The van der Waals surface area contributed by atoms with Crippen LogP contribution in [0.3, 0.4) is 0 Å². The summed E-state index contributed by atoms with van der Waals surface area (Å²) >= 11 is 0. The molecule has 4 nitrogen and oxygen atoms in total. The molecule has 0 saturated carbocycles. The Hall–Kier alpha value is -1.50. The third kappa shape index (κ3) is 6.50. The summed E-state index contributed by atoms with van der Waals surface area (Å²) in [7, 11) is 0. The molecule has 0 saturated heterocycles. The van der Waals surface area contributed by atoms with E-state index < -0.39 is 0 Å². The number of hydrogen-bond acceptors (Lipinski definition) is 4. The molecule has 0 aliphatic carbocycles. The molecule has 0 amide bonds. The molecule has 10 heavy (non-hydrogen) atoms. The van der Waals surface area contributed by atoms with E-state index in [9.17, 15) is 9.59 Å². The van der Waals surface area contributed by atoms with Gasteiger partial charge in [0.15, 0.2) is 0 Å². The molecular formula is C6H6N2O2. The van der Waals surface area contributed by atoms with Crippen molar-refractivity contribution in [3.63, 3.8) is 0 Å². The van der Waals surface area contributed by atoms with Crippen molar-refractivity contribution in [1.82, 2.24) is 0 Å². The van der Waals surface area contributed by atoms with Crippen molar-refractivity contribution < 1.29 is 9.59 Å². The monoisotopic (exact) mass is 138 g/mol. The van der Waals surface area contributed by atoms with Gasteiger partial charge in [0.2, 0.25) is 12.2 Å². The average molecular weight is 138 g/mol. The molecule has 52 valence electrons. The fourth-order valence-electron chi connectivity index (χ4n) is 0.342. The fourth-order valence-corrected chi connectivity index (χ4v) is 0.342. The first-order chi connectivity index (χ1) is 4.91. The average Bonchev–Trinajstić information content (AvgIpc) is 1.97. The van der Waals surface area contributed by atoms with Crippen LogP contribution in [0.15, 0.2) is 22.3 Å². The highest BCUT2D eigenvalue weighted by Crippen LogP contribution is 1.82. The maximum atomic E-state index is 9.49. The minimum atomic E-state index is 0.383. The van der Waals surface area contributed by atoms with Gasteiger partial charge < -0.3 is 0 Å². The zero-order valence-corrected chi connectivity index (χ0v) is 5.28. The lowest BCUT2D eigenvalue weighted by atomic mass is 10.4. The van der Waals surface area contributed by atoms with Crippen LogP contribution in [0.1, 0.15) is 6.42 Å². The van der Waals surface area contributed by atoms with E-state index >= 15 is 0 Å². The van der Waals surface area contributed by atoms with Crippen LogP contribution < -0.4 is 0 Å². The lowest BCUT2D eigenvalue weighted by Gasteiger charge is -1.78. The van der Waals surface area contributed by atoms with Crippen molar-refractivity contribution in [3.8, 4) is 0 Å². The number of isocyanates is 2. The van der Waals surface area contributed by atoms with Crippen molar-refractivity contribution >= 4 is 12.2 Å². The van der Waals surface area contributed by atoms with Crippen molar-refractivity contribution in [2.75, 3.05) is 6.54 Å². The summed E-state index contributed by atoms with van der Waals surface area (Å²) in [4.78, 5) is 25.4. The first-order valence-electron chi connectivity index (χ1n) is 2.67. The lowest BCUT2D eigenvalue weighted by molar-refractivity contribution is 0.562. The Morgan fingerprint density at radius 3 is 2.70 bits per heavy atom. The highest BCUT2D eigenvalue weighted by molar-refractivity contribution is 5.34. The van der Waals surface area contributed by atoms with Crippen LogP contribution >= 0.6 is 0 Å². The van der Waals surface area contributed by atoms with E-state index in [4.69, 9.17) is 0 Å². The topological polar surface area (TPSA) is 58.9 Å². The first kappa shape index (κ1) is 8.50. The highest BCUT2D eigenvalue weighted by atomic mass is 16.1. The second-order valence-corrected chi connectivity index (χ2v) is 1.37. The molecule has 0 rings (SSSR count). The molecule has 0 aromatic rings. The standard InChI is InChI=1S/C6H6N2O2/c9-5-7-3-1-2-4-8-6-10/h1,3H,2,4H2/b3-1+. The smallest absolute Gasteiger partial charge is 0.211 e. The minimum Gasteiger partial charge on any atom is -0.211 e. The molecule has 0 atom stereocenters. The fraction of sp³-hybridized carbons (Fsp3) is 0.333. The zero-order chi connectivity index (χ0) is 7.66. The number of rotatable bonds is 4. The molecule has 0 heterocycles. The first-order valence-corrected chi connectivity index (χ1v) is 2.67. The molecule has 0 aromatic heterocycles. The molecule has 0 aliphatic rings. The van der Waals surface area contributed by atoms with Gasteiger partial charge in [-0.05, 0) is 6.42 Å². The van der Waals surface area contributed by atoms with Crippen LogP contribution in [0, 0.1) is 0 Å². The van der Waals surface area contributed by atoms with Crippen LogP contribution in [0.5, 0.6) is 0 Å². The molecule has 0 unspecified atom stereocenters. The van der Waals surface area contributed by atoms with Crippen molar-refractivity contribution in [2.45, 2.75) is 6.42 Å². The maximum Gasteiger partial charge on any atom is 0.239 e. The molecule has 0 N–H and O–H groups in total. The van der Waals surface area contributed by atoms with Crippen LogP contribution in [-0.2, 0) is 9.59 Å². The molecule has 0 fully saturated rings. The molecule has 4 heteroatoms. The summed E-state index contributed by atoms with van der Waals surface area (Å²) in [6.07, 6.45) is 6.24. The van der Waals surface area contributed by atoms with E-state index in [1.807, 2.05) is 0 Å². The van der Waals surface area contributed by atoms with Crippen molar-refractivity contribution in [1.29, 1.82) is 0 Å². The molecule has 0 aromatic carbocycles. The lowest BCUT2D eigenvalue weighted by Crippen LogP contribution is -1.73. The maximum absolute atomic E-state index is 9.49. The summed E-state index contributed by atoms with van der Waals surface area (Å²) in [5.41, 5.74) is 0. The summed E-state index contributed by atoms with van der Waals surface area (Å²) < 4.78 is 0. The quantitative estimate of drug-likeness (QED) is 0.324. The SMILES string of the molecule is O=C=N/C=C/CCN=C=O. The van der Waals surface area contributed by atoms with E-state index in [1.165, 1.54) is 18.4 Å². The Morgan fingerprint density at radius 2 is 2.10 bits per heavy atom. The third-order valence-corrected chi connectivity index (χ3v) is 0.705. The van der Waals surface area contributed by atoms with Crippen molar-refractivity contribution in [3.05, 3.63) is 12.3 Å². The molecule has 0 aliphatic heterocycles. The minimum absolute atomic E-state index is 0.383. The van der Waals surface area contributed by atoms with Crippen LogP contribution in [0.2, 0.25) is 0 Å². The van der Waals surface area contributed by atoms with Gasteiger partial charge in [0.05, 0.1) is 6.54 Å². The number of aliphatic imine (C=N–C) groups is 2. The zero-order valence-electron chi connectivity index (χ0n) is 5.28. The molecule has 0 radical (unpaired) electrons. The van der Waals surface area contributed by atoms with Gasteiger partial charge in [-0.25, -0.2) is 14.6 Å². The normalized spacial score (nSPS) is 8.40. The van der Waals surface area contributed by atoms with Crippen LogP contribution in [0.4, 0.5) is 0 Å².